The number of methoxy groups -OCH3 is 1. The van der Waals surface area contributed by atoms with Crippen molar-refractivity contribution in [2.45, 2.75) is 6.04 Å². The van der Waals surface area contributed by atoms with Gasteiger partial charge in [0.15, 0.2) is 11.7 Å². The first-order valence-corrected chi connectivity index (χ1v) is 6.25. The van der Waals surface area contributed by atoms with Gasteiger partial charge in [0.05, 0.1) is 13.3 Å². The van der Waals surface area contributed by atoms with E-state index in [2.05, 4.69) is 15.2 Å². The largest absolute Gasteiger partial charge is 0.467 e. The molecule has 1 N–H and O–H groups in total. The van der Waals surface area contributed by atoms with E-state index in [1.165, 1.54) is 24.2 Å². The standard InChI is InChI=1S/C14H12N4O3/c1-21-14(20)11(9-5-3-2-4-6-9)18-8-15-12-10(13(18)19)7-16-17-12/h2-8,11H,1H3,(H,16,17). The van der Waals surface area contributed by atoms with Crippen molar-refractivity contribution in [2.24, 2.45) is 0 Å². The number of carbonyl (C=O) groups is 1. The second-order valence-electron chi connectivity index (χ2n) is 4.43. The first-order valence-electron chi connectivity index (χ1n) is 6.25. The van der Waals surface area contributed by atoms with Crippen molar-refractivity contribution in [3.8, 4) is 0 Å². The number of nitrogens with one attached hydrogen (secondary N) is 1. The van der Waals surface area contributed by atoms with E-state index < -0.39 is 12.0 Å². The summed E-state index contributed by atoms with van der Waals surface area (Å²) in [7, 11) is 1.28. The van der Waals surface area contributed by atoms with Gasteiger partial charge in [-0.05, 0) is 5.56 Å². The zero-order valence-electron chi connectivity index (χ0n) is 11.2. The Hall–Kier alpha value is -2.96. The highest BCUT2D eigenvalue weighted by Crippen LogP contribution is 2.18. The van der Waals surface area contributed by atoms with Gasteiger partial charge >= 0.3 is 5.97 Å². The first-order chi connectivity index (χ1) is 10.2. The normalized spacial score (nSPS) is 12.2. The third kappa shape index (κ3) is 2.18. The summed E-state index contributed by atoms with van der Waals surface area (Å²) in [6, 6.07) is 8.05. The number of nitrogens with zero attached hydrogens (tertiary/aromatic N) is 3. The predicted molar refractivity (Wildman–Crippen MR) is 74.7 cm³/mol. The number of ether oxygens (including phenoxy) is 1. The molecule has 106 valence electrons. The van der Waals surface area contributed by atoms with Crippen molar-refractivity contribution in [1.29, 1.82) is 0 Å². The molecule has 0 aliphatic carbocycles. The number of H-pyrrole nitrogens is 1. The van der Waals surface area contributed by atoms with Crippen LogP contribution in [0.15, 0.2) is 47.7 Å². The van der Waals surface area contributed by atoms with Crippen LogP contribution in [0.25, 0.3) is 11.0 Å². The minimum absolute atomic E-state index is 0.322. The van der Waals surface area contributed by atoms with Gasteiger partial charge in [0, 0.05) is 0 Å². The van der Waals surface area contributed by atoms with E-state index >= 15 is 0 Å². The summed E-state index contributed by atoms with van der Waals surface area (Å²) in [6.45, 7) is 0. The Balaban J connectivity index is 2.21. The highest BCUT2D eigenvalue weighted by Gasteiger charge is 2.25. The van der Waals surface area contributed by atoms with Gasteiger partial charge in [-0.15, -0.1) is 0 Å². The maximum absolute atomic E-state index is 12.5. The summed E-state index contributed by atoms with van der Waals surface area (Å²) in [6.07, 6.45) is 2.71. The Morgan fingerprint density at radius 3 is 2.81 bits per heavy atom. The smallest absolute Gasteiger partial charge is 0.333 e. The van der Waals surface area contributed by atoms with Gasteiger partial charge in [0.2, 0.25) is 0 Å². The number of rotatable bonds is 3. The van der Waals surface area contributed by atoms with Crippen molar-refractivity contribution in [1.82, 2.24) is 19.7 Å². The van der Waals surface area contributed by atoms with Gasteiger partial charge in [0.25, 0.3) is 5.56 Å². The highest BCUT2D eigenvalue weighted by molar-refractivity contribution is 5.79. The van der Waals surface area contributed by atoms with Crippen LogP contribution in [0.5, 0.6) is 0 Å². The minimum Gasteiger partial charge on any atom is -0.467 e. The Bertz CT molecular complexity index is 838. The molecule has 2 aromatic heterocycles. The van der Waals surface area contributed by atoms with Crippen molar-refractivity contribution in [2.75, 3.05) is 7.11 Å². The molecule has 0 aliphatic heterocycles. The van der Waals surface area contributed by atoms with E-state index in [9.17, 15) is 9.59 Å². The predicted octanol–water partition coefficient (Wildman–Crippen LogP) is 0.882. The molecule has 3 aromatic rings. The van der Waals surface area contributed by atoms with Crippen LogP contribution in [-0.4, -0.2) is 32.8 Å². The van der Waals surface area contributed by atoms with Gasteiger partial charge in [-0.2, -0.15) is 5.10 Å². The minimum atomic E-state index is -0.879. The maximum Gasteiger partial charge on any atom is 0.333 e. The number of esters is 1. The second kappa shape index (κ2) is 5.20. The summed E-state index contributed by atoms with van der Waals surface area (Å²) < 4.78 is 6.07. The molecular formula is C14H12N4O3. The molecule has 0 bridgehead atoms. The van der Waals surface area contributed by atoms with E-state index in [0.29, 0.717) is 16.6 Å². The van der Waals surface area contributed by atoms with E-state index in [0.717, 1.165) is 0 Å². The van der Waals surface area contributed by atoms with E-state index in [-0.39, 0.29) is 5.56 Å². The molecule has 1 aromatic carbocycles. The van der Waals surface area contributed by atoms with Crippen LogP contribution in [0, 0.1) is 0 Å². The molecule has 3 rings (SSSR count). The molecule has 1 unspecified atom stereocenters. The fourth-order valence-corrected chi connectivity index (χ4v) is 2.19. The summed E-state index contributed by atoms with van der Waals surface area (Å²) >= 11 is 0. The molecule has 7 nitrogen and oxygen atoms in total. The van der Waals surface area contributed by atoms with Crippen molar-refractivity contribution < 1.29 is 9.53 Å². The van der Waals surface area contributed by atoms with Gasteiger partial charge in [-0.3, -0.25) is 14.5 Å². The monoisotopic (exact) mass is 284 g/mol. The molecule has 0 saturated carbocycles. The Morgan fingerprint density at radius 2 is 2.10 bits per heavy atom. The van der Waals surface area contributed by atoms with Crippen LogP contribution in [-0.2, 0) is 9.53 Å². The second-order valence-corrected chi connectivity index (χ2v) is 4.43. The fraction of sp³-hybridized carbons (Fsp3) is 0.143. The average Bonchev–Trinajstić information content (AvgIpc) is 3.00. The lowest BCUT2D eigenvalue weighted by molar-refractivity contribution is -0.143. The molecule has 0 spiro atoms. The van der Waals surface area contributed by atoms with Gasteiger partial charge in [0.1, 0.15) is 11.7 Å². The lowest BCUT2D eigenvalue weighted by Crippen LogP contribution is -2.31. The Kier molecular flexibility index (Phi) is 3.23. The van der Waals surface area contributed by atoms with E-state index in [4.69, 9.17) is 4.74 Å². The van der Waals surface area contributed by atoms with Crippen LogP contribution in [0.3, 0.4) is 0 Å². The summed E-state index contributed by atoms with van der Waals surface area (Å²) in [5.74, 6) is -0.534. The number of benzene rings is 1. The van der Waals surface area contributed by atoms with Gasteiger partial charge < -0.3 is 4.74 Å². The summed E-state index contributed by atoms with van der Waals surface area (Å²) in [4.78, 5) is 28.7. The molecule has 0 fully saturated rings. The molecule has 0 amide bonds. The van der Waals surface area contributed by atoms with Gasteiger partial charge in [-0.25, -0.2) is 9.78 Å². The van der Waals surface area contributed by atoms with Crippen LogP contribution < -0.4 is 5.56 Å². The van der Waals surface area contributed by atoms with Gasteiger partial charge in [-0.1, -0.05) is 30.3 Å². The first kappa shape index (κ1) is 13.0. The number of hydrogen-bond donors (Lipinski definition) is 1. The molecule has 2 heterocycles. The topological polar surface area (TPSA) is 89.9 Å². The SMILES string of the molecule is COC(=O)C(c1ccccc1)n1cnc2[nH]ncc2c1=O. The number of aromatic nitrogens is 4. The number of aromatic amines is 1. The summed E-state index contributed by atoms with van der Waals surface area (Å²) in [5.41, 5.74) is 0.678. The van der Waals surface area contributed by atoms with Crippen molar-refractivity contribution in [3.63, 3.8) is 0 Å². The molecule has 1 atom stereocenters. The third-order valence-corrected chi connectivity index (χ3v) is 3.21. The van der Waals surface area contributed by atoms with E-state index in [1.54, 1.807) is 24.3 Å². The van der Waals surface area contributed by atoms with Crippen LogP contribution in [0.4, 0.5) is 0 Å². The zero-order chi connectivity index (χ0) is 14.8. The van der Waals surface area contributed by atoms with Crippen molar-refractivity contribution >= 4 is 17.0 Å². The molecule has 7 heteroatoms. The third-order valence-electron chi connectivity index (χ3n) is 3.21. The van der Waals surface area contributed by atoms with Crippen LogP contribution in [0.1, 0.15) is 11.6 Å². The number of fused-ring (bicyclic) bond motifs is 1. The lowest BCUT2D eigenvalue weighted by atomic mass is 10.1. The van der Waals surface area contributed by atoms with Crippen molar-refractivity contribution in [3.05, 3.63) is 58.8 Å². The lowest BCUT2D eigenvalue weighted by Gasteiger charge is -2.17. The van der Waals surface area contributed by atoms with Crippen LogP contribution in [0.2, 0.25) is 0 Å². The number of hydrogen-bond acceptors (Lipinski definition) is 5. The van der Waals surface area contributed by atoms with Crippen LogP contribution >= 0.6 is 0 Å². The zero-order valence-corrected chi connectivity index (χ0v) is 11.2. The molecule has 0 saturated heterocycles. The fourth-order valence-electron chi connectivity index (χ4n) is 2.19. The van der Waals surface area contributed by atoms with E-state index in [1.807, 2.05) is 6.07 Å². The quantitative estimate of drug-likeness (QED) is 0.721. The molecule has 0 aliphatic rings. The average molecular weight is 284 g/mol. The molecule has 0 radical (unpaired) electrons. The number of carbonyl (C=O) groups excluding carboxylic acids is 1. The Labute approximate surface area is 119 Å². The molecular weight excluding hydrogens is 272 g/mol. The summed E-state index contributed by atoms with van der Waals surface area (Å²) in [5, 5.41) is 6.72. The Morgan fingerprint density at radius 1 is 1.33 bits per heavy atom. The highest BCUT2D eigenvalue weighted by atomic mass is 16.5. The molecule has 21 heavy (non-hydrogen) atoms. The maximum atomic E-state index is 12.5.